The van der Waals surface area contributed by atoms with Gasteiger partial charge in [-0.25, -0.2) is 9.00 Å². The number of nitrogens with zero attached hydrogens (tertiary/aromatic N) is 1. The van der Waals surface area contributed by atoms with Gasteiger partial charge in [-0.2, -0.15) is 0 Å². The van der Waals surface area contributed by atoms with E-state index in [4.69, 9.17) is 4.74 Å². The molecule has 2 heterocycles. The first-order valence-electron chi connectivity index (χ1n) is 9.55. The summed E-state index contributed by atoms with van der Waals surface area (Å²) in [5.41, 5.74) is 7.38. The van der Waals surface area contributed by atoms with Crippen LogP contribution in [0, 0.1) is 0 Å². The van der Waals surface area contributed by atoms with E-state index in [2.05, 4.69) is 15.7 Å². The van der Waals surface area contributed by atoms with Crippen LogP contribution in [0.3, 0.4) is 0 Å². The zero-order valence-electron chi connectivity index (χ0n) is 15.0. The lowest BCUT2D eigenvalue weighted by atomic mass is 9.99. The number of thiophene rings is 1. The fourth-order valence-corrected chi connectivity index (χ4v) is 6.69. The first-order valence-corrected chi connectivity index (χ1v) is 11.6. The molecule has 2 aliphatic carbocycles. The third-order valence-electron chi connectivity index (χ3n) is 5.71. The predicted octanol–water partition coefficient (Wildman–Crippen LogP) is 4.05. The molecule has 1 unspecified atom stereocenters. The van der Waals surface area contributed by atoms with Crippen LogP contribution in [0.15, 0.2) is 20.7 Å². The number of fused-ring (bicyclic) bond motifs is 3. The van der Waals surface area contributed by atoms with Crippen LogP contribution in [0.25, 0.3) is 0 Å². The molecule has 0 bridgehead atoms. The van der Waals surface area contributed by atoms with Crippen molar-refractivity contribution in [2.45, 2.75) is 55.8 Å². The summed E-state index contributed by atoms with van der Waals surface area (Å²) in [5, 5.41) is 3.00. The van der Waals surface area contributed by atoms with Gasteiger partial charge < -0.3 is 10.1 Å². The molecule has 1 aromatic heterocycles. The molecule has 2 aromatic rings. The lowest BCUT2D eigenvalue weighted by Crippen LogP contribution is -2.11. The Kier molecular flexibility index (Phi) is 4.53. The van der Waals surface area contributed by atoms with Crippen LogP contribution in [0.5, 0.6) is 0 Å². The zero-order chi connectivity index (χ0) is 18.4. The Morgan fingerprint density at radius 3 is 2.48 bits per heavy atom. The van der Waals surface area contributed by atoms with Crippen molar-refractivity contribution in [1.29, 1.82) is 0 Å². The van der Waals surface area contributed by atoms with Gasteiger partial charge in [0.1, 0.15) is 0 Å². The summed E-state index contributed by atoms with van der Waals surface area (Å²) in [6.07, 6.45) is 7.28. The van der Waals surface area contributed by atoms with Crippen LogP contribution in [0.4, 0.5) is 10.5 Å². The third kappa shape index (κ3) is 3.22. The monoisotopic (exact) mass is 402 g/mol. The number of amides is 2. The van der Waals surface area contributed by atoms with Crippen molar-refractivity contribution in [1.82, 2.24) is 0 Å². The van der Waals surface area contributed by atoms with E-state index in [0.29, 0.717) is 17.4 Å². The smallest absolute Gasteiger partial charge is 0.353 e. The van der Waals surface area contributed by atoms with E-state index < -0.39 is 16.6 Å². The number of rotatable bonds is 2. The van der Waals surface area contributed by atoms with E-state index in [1.807, 2.05) is 6.07 Å². The minimum Gasteiger partial charge on any atom is -0.376 e. The summed E-state index contributed by atoms with van der Waals surface area (Å²) in [6, 6.07) is 3.76. The maximum Gasteiger partial charge on any atom is 0.353 e. The normalized spacial score (nSPS) is 18.8. The molecule has 0 saturated heterocycles. The number of benzene rings is 1. The predicted molar refractivity (Wildman–Crippen MR) is 107 cm³/mol. The maximum absolute atomic E-state index is 12.6. The highest BCUT2D eigenvalue weighted by Crippen LogP contribution is 2.38. The number of ether oxygens (including phenoxy) is 1. The molecule has 1 N–H and O–H groups in total. The van der Waals surface area contributed by atoms with E-state index >= 15 is 0 Å². The lowest BCUT2D eigenvalue weighted by Gasteiger charge is -2.14. The van der Waals surface area contributed by atoms with Gasteiger partial charge in [0.05, 0.1) is 28.0 Å². The number of hydrogen-bond donors (Lipinski definition) is 2. The molecular formula is C20H22N2O3S2. The third-order valence-corrected chi connectivity index (χ3v) is 8.27. The van der Waals surface area contributed by atoms with Crippen LogP contribution in [0.1, 0.15) is 45.5 Å². The highest BCUT2D eigenvalue weighted by Gasteiger charge is 2.25. The summed E-state index contributed by atoms with van der Waals surface area (Å²) in [7, 11) is -2.08. The maximum atomic E-state index is 12.6. The van der Waals surface area contributed by atoms with Crippen molar-refractivity contribution in [3.05, 3.63) is 44.8 Å². The molecule has 2 amide bonds. The minimum absolute atomic E-state index is 0.492. The van der Waals surface area contributed by atoms with Crippen molar-refractivity contribution in [2.75, 3.05) is 11.9 Å². The second-order valence-corrected chi connectivity index (χ2v) is 10.0. The molecule has 0 spiro atoms. The Bertz CT molecular complexity index is 963. The van der Waals surface area contributed by atoms with E-state index in [-0.39, 0.29) is 0 Å². The fraction of sp³-hybridized carbons (Fsp3) is 0.450. The number of hydrogen-bond acceptors (Lipinski definition) is 4. The summed E-state index contributed by atoms with van der Waals surface area (Å²) in [4.78, 5) is 13.7. The molecule has 3 aliphatic rings. The van der Waals surface area contributed by atoms with Gasteiger partial charge in [-0.05, 0) is 78.8 Å². The summed E-state index contributed by atoms with van der Waals surface area (Å²) < 4.78 is 22.7. The summed E-state index contributed by atoms with van der Waals surface area (Å²) in [5.74, 6) is 0. The van der Waals surface area contributed by atoms with Gasteiger partial charge in [-0.1, -0.05) is 6.07 Å². The first-order chi connectivity index (χ1) is 13.2. The Balaban J connectivity index is 1.42. The molecule has 5 rings (SSSR count). The van der Waals surface area contributed by atoms with Crippen LogP contribution in [0.2, 0.25) is 0 Å². The Labute approximate surface area is 164 Å². The number of urea groups is 1. The molecule has 1 atom stereocenters. The van der Waals surface area contributed by atoms with Crippen molar-refractivity contribution in [2.24, 2.45) is 4.36 Å². The zero-order valence-corrected chi connectivity index (χ0v) is 16.8. The quantitative estimate of drug-likeness (QED) is 0.745. The first kappa shape index (κ1) is 17.4. The van der Waals surface area contributed by atoms with Crippen LogP contribution in [-0.4, -0.2) is 16.8 Å². The van der Waals surface area contributed by atoms with Gasteiger partial charge in [0.15, 0.2) is 0 Å². The summed E-state index contributed by atoms with van der Waals surface area (Å²) in [6.45, 7) is 1.26. The van der Waals surface area contributed by atoms with Gasteiger partial charge in [-0.15, -0.1) is 15.7 Å². The van der Waals surface area contributed by atoms with E-state index in [9.17, 15) is 9.00 Å². The molecule has 27 heavy (non-hydrogen) atoms. The second-order valence-electron chi connectivity index (χ2n) is 7.37. The van der Waals surface area contributed by atoms with Crippen LogP contribution in [-0.2, 0) is 54.0 Å². The number of carbonyl (C=O) groups excluding carboxylic acids is 1. The number of aryl methyl sites for hydroxylation is 2. The van der Waals surface area contributed by atoms with Crippen molar-refractivity contribution in [3.8, 4) is 0 Å². The molecule has 0 radical (unpaired) electrons. The van der Waals surface area contributed by atoms with Gasteiger partial charge in [0.2, 0.25) is 0 Å². The number of nitrogens with one attached hydrogen (secondary N) is 1. The fourth-order valence-electron chi connectivity index (χ4n) is 4.46. The van der Waals surface area contributed by atoms with Crippen molar-refractivity contribution < 1.29 is 13.7 Å². The van der Waals surface area contributed by atoms with Gasteiger partial charge in [-0.3, -0.25) is 0 Å². The average Bonchev–Trinajstić information content (AvgIpc) is 3.39. The van der Waals surface area contributed by atoms with E-state index in [0.717, 1.165) is 55.5 Å². The van der Waals surface area contributed by atoms with E-state index in [1.165, 1.54) is 39.2 Å². The summed E-state index contributed by atoms with van der Waals surface area (Å²) >= 11 is 1.45. The Hall–Kier alpha value is -1.70. The van der Waals surface area contributed by atoms with Crippen LogP contribution >= 0.6 is 11.3 Å². The van der Waals surface area contributed by atoms with Crippen molar-refractivity contribution in [3.63, 3.8) is 0 Å². The SMILES string of the molecule is O=C(/N=[SH](=O)/c1cc2c(s1)COCC2)Nc1c2c(cc3c1CCC3)CCC2. The molecule has 142 valence electrons. The molecule has 0 saturated carbocycles. The number of anilines is 1. The number of carbonyl (C=O) groups is 1. The Morgan fingerprint density at radius 2 is 1.78 bits per heavy atom. The van der Waals surface area contributed by atoms with Gasteiger partial charge in [0.25, 0.3) is 0 Å². The minimum atomic E-state index is -2.08. The number of thiol groups is 1. The topological polar surface area (TPSA) is 67.8 Å². The molecule has 7 heteroatoms. The Morgan fingerprint density at radius 1 is 1.04 bits per heavy atom. The molecular weight excluding hydrogens is 380 g/mol. The largest absolute Gasteiger partial charge is 0.376 e. The second kappa shape index (κ2) is 7.04. The highest BCUT2D eigenvalue weighted by molar-refractivity contribution is 7.78. The molecule has 0 fully saturated rings. The molecule has 5 nitrogen and oxygen atoms in total. The molecule has 1 aromatic carbocycles. The standard InChI is InChI=1S/C20H22N2O3S2/c23-20(22-27(24)18-10-14-7-8-25-11-17(14)26-18)21-19-15-5-1-3-12(15)9-13-4-2-6-16(13)19/h9-10,27H,1-8,11H2,(H,21,23). The van der Waals surface area contributed by atoms with Crippen LogP contribution < -0.4 is 5.32 Å². The highest BCUT2D eigenvalue weighted by atomic mass is 32.2. The van der Waals surface area contributed by atoms with Gasteiger partial charge in [0, 0.05) is 10.6 Å². The van der Waals surface area contributed by atoms with E-state index in [1.54, 1.807) is 0 Å². The lowest BCUT2D eigenvalue weighted by molar-refractivity contribution is 0.113. The molecule has 1 aliphatic heterocycles. The van der Waals surface area contributed by atoms with Gasteiger partial charge >= 0.3 is 6.03 Å². The van der Waals surface area contributed by atoms with Crippen molar-refractivity contribution >= 4 is 33.7 Å². The average molecular weight is 403 g/mol.